The maximum atomic E-state index is 12.1. The van der Waals surface area contributed by atoms with Gasteiger partial charge in [-0.2, -0.15) is 0 Å². The molecule has 122 valence electrons. The number of piperidine rings is 1. The average Bonchev–Trinajstić information content (AvgIpc) is 3.13. The van der Waals surface area contributed by atoms with Crippen LogP contribution in [0.25, 0.3) is 0 Å². The minimum Gasteiger partial charge on any atom is -0.376 e. The van der Waals surface area contributed by atoms with Crippen LogP contribution in [-0.4, -0.2) is 49.3 Å². The van der Waals surface area contributed by atoms with Gasteiger partial charge in [-0.3, -0.25) is 4.79 Å². The average molecular weight is 313 g/mol. The van der Waals surface area contributed by atoms with Crippen LogP contribution in [0.5, 0.6) is 0 Å². The van der Waals surface area contributed by atoms with Crippen molar-refractivity contribution in [2.24, 2.45) is 0 Å². The van der Waals surface area contributed by atoms with Crippen LogP contribution in [-0.2, 0) is 14.3 Å². The van der Waals surface area contributed by atoms with Crippen molar-refractivity contribution in [1.29, 1.82) is 0 Å². The second-order valence-electron chi connectivity index (χ2n) is 6.08. The molecular weight excluding hydrogens is 290 g/mol. The predicted molar refractivity (Wildman–Crippen MR) is 87.8 cm³/mol. The van der Waals surface area contributed by atoms with Crippen molar-refractivity contribution >= 4 is 5.91 Å². The van der Waals surface area contributed by atoms with E-state index in [0.717, 1.165) is 50.9 Å². The number of benzene rings is 1. The van der Waals surface area contributed by atoms with Crippen LogP contribution in [0.15, 0.2) is 30.3 Å². The highest BCUT2D eigenvalue weighted by molar-refractivity contribution is 5.94. The SMILES string of the molecule is O=C(C#Cc1ccccc1)N1CCC(OC[C@@H]2CCCO2)CC1. The number of amides is 1. The van der Waals surface area contributed by atoms with Gasteiger partial charge >= 0.3 is 0 Å². The van der Waals surface area contributed by atoms with Gasteiger partial charge in [-0.05, 0) is 37.8 Å². The number of carbonyl (C=O) groups excluding carboxylic acids is 1. The highest BCUT2D eigenvalue weighted by Crippen LogP contribution is 2.17. The summed E-state index contributed by atoms with van der Waals surface area (Å²) in [4.78, 5) is 14.0. The Labute approximate surface area is 137 Å². The first-order valence-electron chi connectivity index (χ1n) is 8.40. The largest absolute Gasteiger partial charge is 0.376 e. The van der Waals surface area contributed by atoms with Crippen molar-refractivity contribution in [2.75, 3.05) is 26.3 Å². The van der Waals surface area contributed by atoms with Gasteiger partial charge < -0.3 is 14.4 Å². The van der Waals surface area contributed by atoms with Crippen molar-refractivity contribution in [1.82, 2.24) is 4.90 Å². The fraction of sp³-hybridized carbons (Fsp3) is 0.526. The third kappa shape index (κ3) is 4.82. The number of carbonyl (C=O) groups is 1. The molecule has 0 saturated carbocycles. The van der Waals surface area contributed by atoms with Crippen LogP contribution in [0.1, 0.15) is 31.2 Å². The quantitative estimate of drug-likeness (QED) is 0.803. The molecule has 1 aromatic carbocycles. The van der Waals surface area contributed by atoms with E-state index in [1.54, 1.807) is 0 Å². The molecule has 2 saturated heterocycles. The molecule has 0 radical (unpaired) electrons. The van der Waals surface area contributed by atoms with Gasteiger partial charge in [0.1, 0.15) is 0 Å². The lowest BCUT2D eigenvalue weighted by molar-refractivity contribution is -0.128. The molecule has 2 fully saturated rings. The molecule has 0 bridgehead atoms. The molecular formula is C19H23NO3. The molecule has 1 aromatic rings. The summed E-state index contributed by atoms with van der Waals surface area (Å²) in [6.45, 7) is 2.99. The first kappa shape index (κ1) is 16.0. The number of hydrogen-bond acceptors (Lipinski definition) is 3. The van der Waals surface area contributed by atoms with Gasteiger partial charge in [-0.25, -0.2) is 0 Å². The predicted octanol–water partition coefficient (Wildman–Crippen LogP) is 2.22. The lowest BCUT2D eigenvalue weighted by atomic mass is 10.1. The van der Waals surface area contributed by atoms with E-state index in [-0.39, 0.29) is 18.1 Å². The Balaban J connectivity index is 1.41. The normalized spacial score (nSPS) is 21.7. The van der Waals surface area contributed by atoms with E-state index in [2.05, 4.69) is 11.8 Å². The molecule has 4 nitrogen and oxygen atoms in total. The molecule has 0 aliphatic carbocycles. The number of ether oxygens (including phenoxy) is 2. The van der Waals surface area contributed by atoms with Gasteiger partial charge in [0, 0.05) is 31.2 Å². The Morgan fingerprint density at radius 2 is 2.00 bits per heavy atom. The van der Waals surface area contributed by atoms with Crippen LogP contribution in [0, 0.1) is 11.8 Å². The summed E-state index contributed by atoms with van der Waals surface area (Å²) in [5.74, 6) is 5.57. The van der Waals surface area contributed by atoms with E-state index in [1.807, 2.05) is 35.2 Å². The van der Waals surface area contributed by atoms with Crippen LogP contribution < -0.4 is 0 Å². The molecule has 0 spiro atoms. The Morgan fingerprint density at radius 3 is 2.70 bits per heavy atom. The lowest BCUT2D eigenvalue weighted by Crippen LogP contribution is -2.40. The molecule has 2 aliphatic heterocycles. The highest BCUT2D eigenvalue weighted by Gasteiger charge is 2.24. The Hall–Kier alpha value is -1.83. The summed E-state index contributed by atoms with van der Waals surface area (Å²) in [7, 11) is 0. The first-order valence-corrected chi connectivity index (χ1v) is 8.40. The highest BCUT2D eigenvalue weighted by atomic mass is 16.5. The van der Waals surface area contributed by atoms with Gasteiger partial charge in [-0.1, -0.05) is 24.1 Å². The molecule has 2 aliphatic rings. The van der Waals surface area contributed by atoms with E-state index in [1.165, 1.54) is 0 Å². The zero-order chi connectivity index (χ0) is 15.9. The summed E-state index contributed by atoms with van der Waals surface area (Å²) in [6, 6.07) is 9.60. The second kappa shape index (κ2) is 8.14. The first-order chi connectivity index (χ1) is 11.3. The van der Waals surface area contributed by atoms with Gasteiger partial charge in [-0.15, -0.1) is 0 Å². The third-order valence-corrected chi connectivity index (χ3v) is 4.36. The Bertz CT molecular complexity index is 561. The van der Waals surface area contributed by atoms with Crippen LogP contribution in [0.2, 0.25) is 0 Å². The molecule has 0 aromatic heterocycles. The topological polar surface area (TPSA) is 38.8 Å². The zero-order valence-electron chi connectivity index (χ0n) is 13.4. The second-order valence-corrected chi connectivity index (χ2v) is 6.08. The van der Waals surface area contributed by atoms with Crippen LogP contribution in [0.4, 0.5) is 0 Å². The van der Waals surface area contributed by atoms with Crippen LogP contribution in [0.3, 0.4) is 0 Å². The number of likely N-dealkylation sites (tertiary alicyclic amines) is 1. The molecule has 3 rings (SSSR count). The summed E-state index contributed by atoms with van der Waals surface area (Å²) in [5, 5.41) is 0. The fourth-order valence-electron chi connectivity index (χ4n) is 2.97. The van der Waals surface area contributed by atoms with Crippen molar-refractivity contribution in [2.45, 2.75) is 37.9 Å². The summed E-state index contributed by atoms with van der Waals surface area (Å²) >= 11 is 0. The van der Waals surface area contributed by atoms with Crippen molar-refractivity contribution in [3.8, 4) is 11.8 Å². The summed E-state index contributed by atoms with van der Waals surface area (Å²) in [5.41, 5.74) is 0.871. The van der Waals surface area contributed by atoms with Crippen molar-refractivity contribution in [3.63, 3.8) is 0 Å². The van der Waals surface area contributed by atoms with Crippen molar-refractivity contribution in [3.05, 3.63) is 35.9 Å². The summed E-state index contributed by atoms with van der Waals surface area (Å²) < 4.78 is 11.5. The van der Waals surface area contributed by atoms with Gasteiger partial charge in [0.25, 0.3) is 5.91 Å². The minimum atomic E-state index is -0.0913. The van der Waals surface area contributed by atoms with E-state index < -0.39 is 0 Å². The molecule has 1 atom stereocenters. The Morgan fingerprint density at radius 1 is 1.22 bits per heavy atom. The molecule has 0 N–H and O–H groups in total. The number of nitrogens with zero attached hydrogens (tertiary/aromatic N) is 1. The third-order valence-electron chi connectivity index (χ3n) is 4.36. The lowest BCUT2D eigenvalue weighted by Gasteiger charge is -2.31. The number of hydrogen-bond donors (Lipinski definition) is 0. The van der Waals surface area contributed by atoms with E-state index in [9.17, 15) is 4.79 Å². The minimum absolute atomic E-state index is 0.0913. The fourth-order valence-corrected chi connectivity index (χ4v) is 2.97. The zero-order valence-corrected chi connectivity index (χ0v) is 13.4. The molecule has 4 heteroatoms. The molecule has 1 amide bonds. The Kier molecular flexibility index (Phi) is 5.68. The standard InChI is InChI=1S/C19H23NO3/c21-19(9-8-16-5-2-1-3-6-16)20-12-10-17(11-13-20)23-15-18-7-4-14-22-18/h1-3,5-6,17-18H,4,7,10-15H2/t18-/m0/s1. The molecule has 23 heavy (non-hydrogen) atoms. The maximum absolute atomic E-state index is 12.1. The summed E-state index contributed by atoms with van der Waals surface area (Å²) in [6.07, 6.45) is 4.52. The van der Waals surface area contributed by atoms with Crippen LogP contribution >= 0.6 is 0 Å². The number of rotatable bonds is 3. The maximum Gasteiger partial charge on any atom is 0.298 e. The molecule has 0 unspecified atom stereocenters. The van der Waals surface area contributed by atoms with E-state index in [0.29, 0.717) is 6.61 Å². The van der Waals surface area contributed by atoms with Gasteiger partial charge in [0.2, 0.25) is 0 Å². The van der Waals surface area contributed by atoms with Gasteiger partial charge in [0.15, 0.2) is 0 Å². The van der Waals surface area contributed by atoms with E-state index >= 15 is 0 Å². The van der Waals surface area contributed by atoms with Crippen molar-refractivity contribution < 1.29 is 14.3 Å². The monoisotopic (exact) mass is 313 g/mol. The molecule has 2 heterocycles. The van der Waals surface area contributed by atoms with E-state index in [4.69, 9.17) is 9.47 Å². The van der Waals surface area contributed by atoms with Gasteiger partial charge in [0.05, 0.1) is 18.8 Å². The smallest absolute Gasteiger partial charge is 0.298 e.